The van der Waals surface area contributed by atoms with Gasteiger partial charge in [0.2, 0.25) is 5.91 Å². The van der Waals surface area contributed by atoms with Gasteiger partial charge in [-0.1, -0.05) is 41.6 Å². The van der Waals surface area contributed by atoms with Gasteiger partial charge < -0.3 is 19.9 Å². The molecule has 0 spiro atoms. The van der Waals surface area contributed by atoms with Crippen molar-refractivity contribution in [1.82, 2.24) is 20.1 Å². The molecule has 0 atom stereocenters. The molecule has 156 valence electrons. The Morgan fingerprint density at radius 2 is 1.83 bits per heavy atom. The number of nitrogens with zero attached hydrogens (tertiary/aromatic N) is 3. The molecule has 3 rings (SSSR count). The van der Waals surface area contributed by atoms with Crippen LogP contribution in [0.25, 0.3) is 0 Å². The Labute approximate surface area is 179 Å². The number of ether oxygens (including phenoxy) is 1. The van der Waals surface area contributed by atoms with E-state index >= 15 is 0 Å². The second kappa shape index (κ2) is 9.93. The molecule has 0 unspecified atom stereocenters. The summed E-state index contributed by atoms with van der Waals surface area (Å²) in [7, 11) is 3.35. The lowest BCUT2D eigenvalue weighted by Gasteiger charge is -2.09. The largest absolute Gasteiger partial charge is 0.495 e. The monoisotopic (exact) mass is 425 g/mol. The molecule has 30 heavy (non-hydrogen) atoms. The first-order valence-corrected chi connectivity index (χ1v) is 10.3. The molecule has 0 aliphatic carbocycles. The van der Waals surface area contributed by atoms with Gasteiger partial charge in [-0.2, -0.15) is 0 Å². The standard InChI is InChI=1S/C21H23N5O3S/c1-14-8-10-15(11-9-14)20(28)22-12-18-24-25-21(26(18)2)30-13-19(27)23-16-6-4-5-7-17(16)29-3/h4-11H,12-13H2,1-3H3,(H,22,28)(H,23,27). The number of benzene rings is 2. The Kier molecular flexibility index (Phi) is 7.08. The van der Waals surface area contributed by atoms with Crippen LogP contribution in [0.3, 0.4) is 0 Å². The zero-order valence-corrected chi connectivity index (χ0v) is 17.8. The summed E-state index contributed by atoms with van der Waals surface area (Å²) < 4.78 is 6.99. The van der Waals surface area contributed by atoms with Crippen molar-refractivity contribution in [3.05, 3.63) is 65.5 Å². The molecule has 0 radical (unpaired) electrons. The average Bonchev–Trinajstić information content (AvgIpc) is 3.11. The fourth-order valence-electron chi connectivity index (χ4n) is 2.66. The Morgan fingerprint density at radius 1 is 1.10 bits per heavy atom. The number of hydrogen-bond donors (Lipinski definition) is 2. The topological polar surface area (TPSA) is 98.1 Å². The quantitative estimate of drug-likeness (QED) is 0.539. The van der Waals surface area contributed by atoms with Gasteiger partial charge in [0, 0.05) is 12.6 Å². The van der Waals surface area contributed by atoms with E-state index in [9.17, 15) is 9.59 Å². The van der Waals surface area contributed by atoms with Gasteiger partial charge in [0.05, 0.1) is 25.1 Å². The summed E-state index contributed by atoms with van der Waals surface area (Å²) >= 11 is 1.26. The van der Waals surface area contributed by atoms with Crippen LogP contribution in [0.15, 0.2) is 53.7 Å². The van der Waals surface area contributed by atoms with Crippen LogP contribution in [0.4, 0.5) is 5.69 Å². The van der Waals surface area contributed by atoms with E-state index < -0.39 is 0 Å². The smallest absolute Gasteiger partial charge is 0.251 e. The number of aromatic nitrogens is 3. The van der Waals surface area contributed by atoms with Crippen molar-refractivity contribution in [3.63, 3.8) is 0 Å². The van der Waals surface area contributed by atoms with Gasteiger partial charge in [0.1, 0.15) is 5.75 Å². The highest BCUT2D eigenvalue weighted by atomic mass is 32.2. The second-order valence-corrected chi connectivity index (χ2v) is 7.49. The normalized spacial score (nSPS) is 10.5. The van der Waals surface area contributed by atoms with Gasteiger partial charge >= 0.3 is 0 Å². The van der Waals surface area contributed by atoms with Crippen molar-refractivity contribution in [2.75, 3.05) is 18.2 Å². The fourth-order valence-corrected chi connectivity index (χ4v) is 3.39. The van der Waals surface area contributed by atoms with E-state index in [1.165, 1.54) is 11.8 Å². The molecule has 0 saturated heterocycles. The zero-order chi connectivity index (χ0) is 21.5. The third kappa shape index (κ3) is 5.38. The third-order valence-electron chi connectivity index (χ3n) is 4.36. The van der Waals surface area contributed by atoms with Crippen LogP contribution in [0.1, 0.15) is 21.7 Å². The molecular weight excluding hydrogens is 402 g/mol. The van der Waals surface area contributed by atoms with Crippen molar-refractivity contribution < 1.29 is 14.3 Å². The van der Waals surface area contributed by atoms with E-state index in [0.717, 1.165) is 5.56 Å². The van der Waals surface area contributed by atoms with Crippen LogP contribution >= 0.6 is 11.8 Å². The minimum Gasteiger partial charge on any atom is -0.495 e. The number of amides is 2. The first-order valence-electron chi connectivity index (χ1n) is 9.26. The molecule has 8 nitrogen and oxygen atoms in total. The Morgan fingerprint density at radius 3 is 2.57 bits per heavy atom. The highest BCUT2D eigenvalue weighted by Crippen LogP contribution is 2.24. The van der Waals surface area contributed by atoms with Gasteiger partial charge in [-0.05, 0) is 31.2 Å². The van der Waals surface area contributed by atoms with Gasteiger partial charge in [-0.25, -0.2) is 0 Å². The molecule has 0 fully saturated rings. The summed E-state index contributed by atoms with van der Waals surface area (Å²) in [4.78, 5) is 24.5. The van der Waals surface area contributed by atoms with Gasteiger partial charge in [-0.3, -0.25) is 9.59 Å². The molecule has 0 aliphatic heterocycles. The summed E-state index contributed by atoms with van der Waals surface area (Å²) in [6.07, 6.45) is 0. The highest BCUT2D eigenvalue weighted by molar-refractivity contribution is 7.99. The summed E-state index contributed by atoms with van der Waals surface area (Å²) in [6, 6.07) is 14.6. The van der Waals surface area contributed by atoms with E-state index in [0.29, 0.717) is 28.0 Å². The molecule has 2 amide bonds. The zero-order valence-electron chi connectivity index (χ0n) is 17.0. The number of hydrogen-bond acceptors (Lipinski definition) is 6. The number of rotatable bonds is 8. The van der Waals surface area contributed by atoms with E-state index in [-0.39, 0.29) is 24.1 Å². The number of anilines is 1. The Bertz CT molecular complexity index is 1030. The van der Waals surface area contributed by atoms with Crippen LogP contribution in [-0.4, -0.2) is 39.4 Å². The minimum atomic E-state index is -0.179. The second-order valence-electron chi connectivity index (χ2n) is 6.54. The number of methoxy groups -OCH3 is 1. The van der Waals surface area contributed by atoms with E-state index in [4.69, 9.17) is 4.74 Å². The molecule has 9 heteroatoms. The van der Waals surface area contributed by atoms with Gasteiger partial charge in [0.25, 0.3) is 5.91 Å². The molecule has 0 saturated carbocycles. The summed E-state index contributed by atoms with van der Waals surface area (Å²) in [5.74, 6) is 1.01. The lowest BCUT2D eigenvalue weighted by atomic mass is 10.1. The lowest BCUT2D eigenvalue weighted by molar-refractivity contribution is -0.113. The summed E-state index contributed by atoms with van der Waals surface area (Å²) in [5.41, 5.74) is 2.30. The number of aryl methyl sites for hydroxylation is 1. The average molecular weight is 426 g/mol. The van der Waals surface area contributed by atoms with Crippen LogP contribution in [0.5, 0.6) is 5.75 Å². The lowest BCUT2D eigenvalue weighted by Crippen LogP contribution is -2.24. The number of para-hydroxylation sites is 2. The molecule has 1 aromatic heterocycles. The predicted octanol–water partition coefficient (Wildman–Crippen LogP) is 2.79. The number of carbonyl (C=O) groups is 2. The molecule has 2 N–H and O–H groups in total. The summed E-state index contributed by atoms with van der Waals surface area (Å²) in [5, 5.41) is 14.5. The Hall–Kier alpha value is -3.33. The van der Waals surface area contributed by atoms with Gasteiger partial charge in [-0.15, -0.1) is 10.2 Å². The maximum absolute atomic E-state index is 12.3. The van der Waals surface area contributed by atoms with Crippen molar-refractivity contribution in [3.8, 4) is 5.75 Å². The maximum Gasteiger partial charge on any atom is 0.251 e. The number of thioether (sulfide) groups is 1. The maximum atomic E-state index is 12.3. The molecule has 1 heterocycles. The molecular formula is C21H23N5O3S. The number of carbonyl (C=O) groups excluding carboxylic acids is 2. The minimum absolute atomic E-state index is 0.166. The molecule has 3 aromatic rings. The van der Waals surface area contributed by atoms with Crippen LogP contribution in [0.2, 0.25) is 0 Å². The van der Waals surface area contributed by atoms with Crippen LogP contribution in [0, 0.1) is 6.92 Å². The van der Waals surface area contributed by atoms with Crippen molar-refractivity contribution in [2.24, 2.45) is 7.05 Å². The highest BCUT2D eigenvalue weighted by Gasteiger charge is 2.14. The van der Waals surface area contributed by atoms with Crippen molar-refractivity contribution in [1.29, 1.82) is 0 Å². The molecule has 0 bridgehead atoms. The van der Waals surface area contributed by atoms with E-state index in [1.807, 2.05) is 31.2 Å². The molecule has 0 aliphatic rings. The van der Waals surface area contributed by atoms with Crippen molar-refractivity contribution >= 4 is 29.3 Å². The SMILES string of the molecule is COc1ccccc1NC(=O)CSc1nnc(CNC(=O)c2ccc(C)cc2)n1C. The third-order valence-corrected chi connectivity index (χ3v) is 5.38. The first-order chi connectivity index (χ1) is 14.5. The van der Waals surface area contributed by atoms with Crippen molar-refractivity contribution in [2.45, 2.75) is 18.6 Å². The fraction of sp³-hybridized carbons (Fsp3) is 0.238. The summed E-state index contributed by atoms with van der Waals surface area (Å²) in [6.45, 7) is 2.21. The first kappa shape index (κ1) is 21.4. The van der Waals surface area contributed by atoms with Crippen LogP contribution < -0.4 is 15.4 Å². The molecule has 2 aromatic carbocycles. The van der Waals surface area contributed by atoms with E-state index in [1.54, 1.807) is 43.0 Å². The predicted molar refractivity (Wildman–Crippen MR) is 116 cm³/mol. The van der Waals surface area contributed by atoms with E-state index in [2.05, 4.69) is 20.8 Å². The van der Waals surface area contributed by atoms with Crippen LogP contribution in [-0.2, 0) is 18.4 Å². The van der Waals surface area contributed by atoms with Gasteiger partial charge in [0.15, 0.2) is 11.0 Å². The Balaban J connectivity index is 1.53. The number of nitrogens with one attached hydrogen (secondary N) is 2.